The van der Waals surface area contributed by atoms with Crippen LogP contribution in [0.1, 0.15) is 42.2 Å². The molecule has 0 unspecified atom stereocenters. The maximum absolute atomic E-state index is 12.2. The van der Waals surface area contributed by atoms with E-state index in [-0.39, 0.29) is 5.91 Å². The maximum Gasteiger partial charge on any atom is 0.270 e. The number of H-pyrrole nitrogens is 1. The monoisotopic (exact) mass is 272 g/mol. The summed E-state index contributed by atoms with van der Waals surface area (Å²) in [4.78, 5) is 19.5. The summed E-state index contributed by atoms with van der Waals surface area (Å²) in [7, 11) is 0. The molecule has 1 N–H and O–H groups in total. The number of carbonyl (C=O) groups is 1. The van der Waals surface area contributed by atoms with Gasteiger partial charge in [-0.2, -0.15) is 5.26 Å². The zero-order valence-corrected chi connectivity index (χ0v) is 11.8. The van der Waals surface area contributed by atoms with Crippen LogP contribution < -0.4 is 0 Å². The van der Waals surface area contributed by atoms with Crippen LogP contribution in [0.4, 0.5) is 0 Å². The largest absolute Gasteiger partial charge is 0.356 e. The van der Waals surface area contributed by atoms with Crippen molar-refractivity contribution in [1.29, 1.82) is 5.26 Å². The third-order valence-electron chi connectivity index (χ3n) is 4.52. The molecular weight excluding hydrogens is 252 g/mol. The molecule has 2 aliphatic heterocycles. The molecule has 1 aromatic rings. The normalized spacial score (nSPS) is 24.2. The molecule has 1 atom stereocenters. The van der Waals surface area contributed by atoms with Crippen molar-refractivity contribution in [2.45, 2.75) is 38.3 Å². The lowest BCUT2D eigenvalue weighted by Crippen LogP contribution is -2.63. The molecule has 0 aliphatic carbocycles. The lowest BCUT2D eigenvalue weighted by Gasteiger charge is -2.49. The first-order chi connectivity index (χ1) is 9.69. The SMILES string of the molecule is C[C@@H]1CCCCN1C1CN(C(=O)c2cc(C#N)c[nH]2)C1. The van der Waals surface area contributed by atoms with Crippen LogP contribution in [0.2, 0.25) is 0 Å². The van der Waals surface area contributed by atoms with Crippen molar-refractivity contribution < 1.29 is 4.79 Å². The predicted molar refractivity (Wildman–Crippen MR) is 75.2 cm³/mol. The number of nitrogens with one attached hydrogen (secondary N) is 1. The standard InChI is InChI=1S/C15H20N4O/c1-11-4-2-3-5-19(11)13-9-18(10-13)15(20)14-6-12(7-16)8-17-14/h6,8,11,13,17H,2-5,9-10H2,1H3/t11-/m1/s1. The first-order valence-electron chi connectivity index (χ1n) is 7.32. The van der Waals surface area contributed by atoms with Crippen molar-refractivity contribution in [2.24, 2.45) is 0 Å². The second-order valence-electron chi connectivity index (χ2n) is 5.86. The minimum atomic E-state index is 0.00686. The van der Waals surface area contributed by atoms with Crippen LogP contribution in [0.5, 0.6) is 0 Å². The van der Waals surface area contributed by atoms with Crippen molar-refractivity contribution in [1.82, 2.24) is 14.8 Å². The lowest BCUT2D eigenvalue weighted by molar-refractivity contribution is 0.00185. The van der Waals surface area contributed by atoms with Crippen LogP contribution in [-0.2, 0) is 0 Å². The fraction of sp³-hybridized carbons (Fsp3) is 0.600. The Morgan fingerprint density at radius 2 is 2.25 bits per heavy atom. The van der Waals surface area contributed by atoms with Gasteiger partial charge in [0.25, 0.3) is 5.91 Å². The van der Waals surface area contributed by atoms with Crippen LogP contribution in [-0.4, -0.2) is 52.4 Å². The Kier molecular flexibility index (Phi) is 3.49. The number of nitrogens with zero attached hydrogens (tertiary/aromatic N) is 3. The average Bonchev–Trinajstić information content (AvgIpc) is 2.88. The topological polar surface area (TPSA) is 63.1 Å². The molecule has 5 nitrogen and oxygen atoms in total. The molecule has 0 saturated carbocycles. The van der Waals surface area contributed by atoms with Gasteiger partial charge in [0.1, 0.15) is 11.8 Å². The Labute approximate surface area is 119 Å². The molecule has 0 bridgehead atoms. The van der Waals surface area contributed by atoms with E-state index in [0.717, 1.165) is 19.6 Å². The summed E-state index contributed by atoms with van der Waals surface area (Å²) < 4.78 is 0. The highest BCUT2D eigenvalue weighted by Crippen LogP contribution is 2.25. The molecule has 0 radical (unpaired) electrons. The van der Waals surface area contributed by atoms with Gasteiger partial charge in [0.05, 0.1) is 5.56 Å². The van der Waals surface area contributed by atoms with E-state index in [1.165, 1.54) is 19.3 Å². The first kappa shape index (κ1) is 13.2. The van der Waals surface area contributed by atoms with Crippen molar-refractivity contribution in [3.05, 3.63) is 23.5 Å². The number of hydrogen-bond acceptors (Lipinski definition) is 3. The number of nitriles is 1. The van der Waals surface area contributed by atoms with Crippen LogP contribution in [0.15, 0.2) is 12.3 Å². The number of likely N-dealkylation sites (tertiary alicyclic amines) is 2. The van der Waals surface area contributed by atoms with E-state index in [0.29, 0.717) is 23.3 Å². The van der Waals surface area contributed by atoms with E-state index >= 15 is 0 Å². The summed E-state index contributed by atoms with van der Waals surface area (Å²) in [6.45, 7) is 5.07. The third kappa shape index (κ3) is 2.32. The summed E-state index contributed by atoms with van der Waals surface area (Å²) in [5.74, 6) is 0.00686. The van der Waals surface area contributed by atoms with Gasteiger partial charge in [-0.1, -0.05) is 6.42 Å². The van der Waals surface area contributed by atoms with Gasteiger partial charge in [0, 0.05) is 31.4 Å². The highest BCUT2D eigenvalue weighted by molar-refractivity contribution is 5.93. The average molecular weight is 272 g/mol. The van der Waals surface area contributed by atoms with E-state index in [2.05, 4.69) is 16.8 Å². The van der Waals surface area contributed by atoms with E-state index in [4.69, 9.17) is 5.26 Å². The number of hydrogen-bond donors (Lipinski definition) is 1. The van der Waals surface area contributed by atoms with Crippen LogP contribution in [0.3, 0.4) is 0 Å². The van der Waals surface area contributed by atoms with Gasteiger partial charge in [0.2, 0.25) is 0 Å². The highest BCUT2D eigenvalue weighted by Gasteiger charge is 2.37. The minimum Gasteiger partial charge on any atom is -0.356 e. The Morgan fingerprint density at radius 1 is 1.45 bits per heavy atom. The van der Waals surface area contributed by atoms with Gasteiger partial charge in [-0.05, 0) is 32.4 Å². The van der Waals surface area contributed by atoms with Gasteiger partial charge in [-0.3, -0.25) is 9.69 Å². The summed E-state index contributed by atoms with van der Waals surface area (Å²) in [6.07, 6.45) is 5.45. The predicted octanol–water partition coefficient (Wildman–Crippen LogP) is 1.59. The van der Waals surface area contributed by atoms with Crippen molar-refractivity contribution >= 4 is 5.91 Å². The van der Waals surface area contributed by atoms with E-state index < -0.39 is 0 Å². The molecule has 106 valence electrons. The van der Waals surface area contributed by atoms with Crippen molar-refractivity contribution in [2.75, 3.05) is 19.6 Å². The van der Waals surface area contributed by atoms with Gasteiger partial charge < -0.3 is 9.88 Å². The Balaban J connectivity index is 1.57. The fourth-order valence-electron chi connectivity index (χ4n) is 3.25. The van der Waals surface area contributed by atoms with Crippen LogP contribution in [0.25, 0.3) is 0 Å². The van der Waals surface area contributed by atoms with Crippen molar-refractivity contribution in [3.63, 3.8) is 0 Å². The molecule has 20 heavy (non-hydrogen) atoms. The lowest BCUT2D eigenvalue weighted by atomic mass is 9.97. The second kappa shape index (κ2) is 5.29. The summed E-state index contributed by atoms with van der Waals surface area (Å²) >= 11 is 0. The second-order valence-corrected chi connectivity index (χ2v) is 5.86. The van der Waals surface area contributed by atoms with Gasteiger partial charge >= 0.3 is 0 Å². The van der Waals surface area contributed by atoms with E-state index in [9.17, 15) is 4.79 Å². The number of aromatic amines is 1. The highest BCUT2D eigenvalue weighted by atomic mass is 16.2. The minimum absolute atomic E-state index is 0.00686. The zero-order valence-electron chi connectivity index (χ0n) is 11.8. The maximum atomic E-state index is 12.2. The van der Waals surface area contributed by atoms with Crippen LogP contribution >= 0.6 is 0 Å². The molecule has 1 amide bonds. The van der Waals surface area contributed by atoms with E-state index in [1.54, 1.807) is 12.3 Å². The summed E-state index contributed by atoms with van der Waals surface area (Å²) in [6, 6.07) is 4.81. The molecule has 0 aromatic carbocycles. The molecule has 2 saturated heterocycles. The molecule has 5 heteroatoms. The number of piperidine rings is 1. The number of carbonyl (C=O) groups excluding carboxylic acids is 1. The smallest absolute Gasteiger partial charge is 0.270 e. The molecule has 1 aromatic heterocycles. The fourth-order valence-corrected chi connectivity index (χ4v) is 3.25. The van der Waals surface area contributed by atoms with Gasteiger partial charge in [0.15, 0.2) is 0 Å². The van der Waals surface area contributed by atoms with Crippen molar-refractivity contribution in [3.8, 4) is 6.07 Å². The van der Waals surface area contributed by atoms with Gasteiger partial charge in [-0.15, -0.1) is 0 Å². The molecule has 0 spiro atoms. The third-order valence-corrected chi connectivity index (χ3v) is 4.52. The van der Waals surface area contributed by atoms with Gasteiger partial charge in [-0.25, -0.2) is 0 Å². The quantitative estimate of drug-likeness (QED) is 0.889. The molecular formula is C15H20N4O. The Bertz CT molecular complexity index is 538. The number of amides is 1. The molecule has 2 fully saturated rings. The molecule has 3 heterocycles. The number of rotatable bonds is 2. The number of aromatic nitrogens is 1. The first-order valence-corrected chi connectivity index (χ1v) is 7.32. The summed E-state index contributed by atoms with van der Waals surface area (Å²) in [5.41, 5.74) is 1.03. The molecule has 2 aliphatic rings. The van der Waals surface area contributed by atoms with Crippen LogP contribution in [0, 0.1) is 11.3 Å². The molecule has 3 rings (SSSR count). The summed E-state index contributed by atoms with van der Waals surface area (Å²) in [5, 5.41) is 8.78. The Hall–Kier alpha value is -1.80. The Morgan fingerprint density at radius 3 is 2.90 bits per heavy atom. The zero-order chi connectivity index (χ0) is 14.1. The van der Waals surface area contributed by atoms with E-state index in [1.807, 2.05) is 11.0 Å².